The molecular formula is C25H23ClF3N3O2S. The summed E-state index contributed by atoms with van der Waals surface area (Å²) in [7, 11) is 0. The largest absolute Gasteiger partial charge is 0.457 e. The number of hydrogen-bond acceptors (Lipinski definition) is 5. The molecule has 2 aliphatic carbocycles. The van der Waals surface area contributed by atoms with Crippen molar-refractivity contribution in [1.29, 1.82) is 0 Å². The summed E-state index contributed by atoms with van der Waals surface area (Å²) in [5, 5.41) is 12.1. The van der Waals surface area contributed by atoms with E-state index in [0.717, 1.165) is 42.4 Å². The van der Waals surface area contributed by atoms with Gasteiger partial charge in [-0.2, -0.15) is 18.3 Å². The van der Waals surface area contributed by atoms with Gasteiger partial charge >= 0.3 is 6.18 Å². The van der Waals surface area contributed by atoms with Crippen molar-refractivity contribution >= 4 is 46.2 Å². The van der Waals surface area contributed by atoms with E-state index in [1.165, 1.54) is 24.6 Å². The Hall–Kier alpha value is -2.52. The Morgan fingerprint density at radius 3 is 2.63 bits per heavy atom. The molecule has 0 radical (unpaired) electrons. The van der Waals surface area contributed by atoms with Crippen molar-refractivity contribution in [3.05, 3.63) is 51.6 Å². The second-order valence-corrected chi connectivity index (χ2v) is 11.3. The van der Waals surface area contributed by atoms with Crippen LogP contribution in [0.15, 0.2) is 49.9 Å². The molecule has 1 saturated heterocycles. The highest BCUT2D eigenvalue weighted by Gasteiger charge is 2.60. The number of nitrogens with one attached hydrogen (secondary N) is 1. The third kappa shape index (κ3) is 4.12. The SMILES string of the molecule is CC12CCC(C/C1=N\N=C1/NC(=O)/C(=C/c3ccc(-c4cc(C(F)(F)F)ccc4Cl)o3)S1)C2(C)C. The van der Waals surface area contributed by atoms with E-state index in [-0.39, 0.29) is 33.1 Å². The zero-order valence-electron chi connectivity index (χ0n) is 19.3. The molecule has 3 fully saturated rings. The van der Waals surface area contributed by atoms with Crippen molar-refractivity contribution in [2.75, 3.05) is 0 Å². The molecule has 1 aromatic carbocycles. The van der Waals surface area contributed by atoms with Gasteiger partial charge in [0.15, 0.2) is 5.17 Å². The summed E-state index contributed by atoms with van der Waals surface area (Å²) >= 11 is 7.24. The first-order chi connectivity index (χ1) is 16.4. The number of halogens is 4. The lowest BCUT2D eigenvalue weighted by molar-refractivity contribution is -0.137. The Kier molecular flexibility index (Phi) is 5.71. The Balaban J connectivity index is 1.35. The molecule has 3 aliphatic rings. The maximum atomic E-state index is 13.1. The average Bonchev–Trinajstić information content (AvgIpc) is 3.48. The van der Waals surface area contributed by atoms with E-state index in [1.54, 1.807) is 6.07 Å². The summed E-state index contributed by atoms with van der Waals surface area (Å²) in [6.07, 6.45) is 0.237. The third-order valence-electron chi connectivity index (χ3n) is 7.88. The minimum Gasteiger partial charge on any atom is -0.457 e. The molecule has 1 N–H and O–H groups in total. The zero-order chi connectivity index (χ0) is 25.2. The number of alkyl halides is 3. The first-order valence-corrected chi connectivity index (χ1v) is 12.4. The van der Waals surface area contributed by atoms with Crippen molar-refractivity contribution in [1.82, 2.24) is 5.32 Å². The van der Waals surface area contributed by atoms with E-state index in [2.05, 4.69) is 36.3 Å². The Morgan fingerprint density at radius 2 is 1.97 bits per heavy atom. The van der Waals surface area contributed by atoms with Gasteiger partial charge in [-0.25, -0.2) is 0 Å². The fourth-order valence-corrected chi connectivity index (χ4v) is 6.22. The molecule has 2 unspecified atom stereocenters. The molecule has 2 bridgehead atoms. The monoisotopic (exact) mass is 521 g/mol. The molecule has 2 atom stereocenters. The maximum absolute atomic E-state index is 13.1. The molecule has 5 rings (SSSR count). The molecule has 35 heavy (non-hydrogen) atoms. The van der Waals surface area contributed by atoms with Crippen LogP contribution >= 0.6 is 23.4 Å². The summed E-state index contributed by atoms with van der Waals surface area (Å²) in [6.45, 7) is 6.82. The average molecular weight is 522 g/mol. The van der Waals surface area contributed by atoms with Crippen molar-refractivity contribution in [2.24, 2.45) is 27.0 Å². The lowest BCUT2D eigenvalue weighted by Crippen LogP contribution is -2.32. The van der Waals surface area contributed by atoms with E-state index in [9.17, 15) is 18.0 Å². The van der Waals surface area contributed by atoms with Crippen molar-refractivity contribution < 1.29 is 22.4 Å². The van der Waals surface area contributed by atoms with Crippen molar-refractivity contribution in [3.63, 3.8) is 0 Å². The molecule has 5 nitrogen and oxygen atoms in total. The smallest absolute Gasteiger partial charge is 0.416 e. The van der Waals surface area contributed by atoms with E-state index in [1.807, 2.05) is 0 Å². The minimum absolute atomic E-state index is 0.0168. The van der Waals surface area contributed by atoms with Crippen LogP contribution in [0, 0.1) is 16.7 Å². The van der Waals surface area contributed by atoms with Crippen LogP contribution in [-0.2, 0) is 11.0 Å². The van der Waals surface area contributed by atoms with Crippen molar-refractivity contribution in [2.45, 2.75) is 46.2 Å². The lowest BCUT2D eigenvalue weighted by Gasteiger charge is -2.34. The number of amidine groups is 1. The van der Waals surface area contributed by atoms with Gasteiger partial charge in [0.25, 0.3) is 5.91 Å². The second-order valence-electron chi connectivity index (χ2n) is 9.90. The third-order valence-corrected chi connectivity index (χ3v) is 9.11. The molecule has 2 saturated carbocycles. The van der Waals surface area contributed by atoms with Crippen molar-refractivity contribution in [3.8, 4) is 11.3 Å². The summed E-state index contributed by atoms with van der Waals surface area (Å²) in [4.78, 5) is 12.8. The van der Waals surface area contributed by atoms with Crippen LogP contribution in [0.3, 0.4) is 0 Å². The molecule has 0 spiro atoms. The van der Waals surface area contributed by atoms with Gasteiger partial charge in [0.1, 0.15) is 11.5 Å². The first kappa shape index (κ1) is 24.2. The fourth-order valence-electron chi connectivity index (χ4n) is 5.26. The first-order valence-electron chi connectivity index (χ1n) is 11.2. The number of fused-ring (bicyclic) bond motifs is 2. The molecule has 1 aliphatic heterocycles. The number of nitrogens with zero attached hydrogens (tertiary/aromatic N) is 2. The van der Waals surface area contributed by atoms with Gasteiger partial charge < -0.3 is 4.42 Å². The van der Waals surface area contributed by atoms with Crippen LogP contribution in [0.5, 0.6) is 0 Å². The zero-order valence-corrected chi connectivity index (χ0v) is 20.9. The molecule has 2 aromatic rings. The van der Waals surface area contributed by atoms with Crippen LogP contribution in [-0.4, -0.2) is 16.8 Å². The highest BCUT2D eigenvalue weighted by molar-refractivity contribution is 8.18. The number of rotatable bonds is 3. The topological polar surface area (TPSA) is 67.0 Å². The lowest BCUT2D eigenvalue weighted by atomic mass is 9.70. The normalized spacial score (nSPS) is 29.1. The van der Waals surface area contributed by atoms with Gasteiger partial charge in [0.05, 0.1) is 15.5 Å². The maximum Gasteiger partial charge on any atom is 0.416 e. The van der Waals surface area contributed by atoms with Crippen LogP contribution < -0.4 is 5.32 Å². The van der Waals surface area contributed by atoms with Gasteiger partial charge in [-0.15, -0.1) is 5.10 Å². The number of hydrogen-bond donors (Lipinski definition) is 1. The van der Waals surface area contributed by atoms with Crippen LogP contribution in [0.4, 0.5) is 13.2 Å². The number of amides is 1. The summed E-state index contributed by atoms with van der Waals surface area (Å²) in [6, 6.07) is 6.13. The van der Waals surface area contributed by atoms with E-state index < -0.39 is 11.7 Å². The quantitative estimate of drug-likeness (QED) is 0.338. The standard InChI is InChI=1S/C25H23ClF3N3O2S/c1-23(2)13-8-9-24(23,3)20(11-13)31-32-22-30-21(33)19(35-22)12-15-5-7-18(34-15)16-10-14(25(27,28)29)4-6-17(16)26/h4-7,10,12-13H,8-9,11H2,1-3H3,(H,30,32,33)/b19-12-,31-20+. The molecular weight excluding hydrogens is 499 g/mol. The van der Waals surface area contributed by atoms with Gasteiger partial charge in [-0.3, -0.25) is 10.1 Å². The van der Waals surface area contributed by atoms with Crippen LogP contribution in [0.1, 0.15) is 51.4 Å². The summed E-state index contributed by atoms with van der Waals surface area (Å²) < 4.78 is 44.9. The summed E-state index contributed by atoms with van der Waals surface area (Å²) in [5.74, 6) is 0.736. The van der Waals surface area contributed by atoms with E-state index in [4.69, 9.17) is 16.0 Å². The van der Waals surface area contributed by atoms with E-state index in [0.29, 0.717) is 21.8 Å². The predicted octanol–water partition coefficient (Wildman–Crippen LogP) is 7.38. The molecule has 10 heteroatoms. The molecule has 1 amide bonds. The second kappa shape index (κ2) is 8.27. The van der Waals surface area contributed by atoms with Gasteiger partial charge in [0.2, 0.25) is 0 Å². The Morgan fingerprint density at radius 1 is 1.20 bits per heavy atom. The van der Waals surface area contributed by atoms with Crippen LogP contribution in [0.25, 0.3) is 17.4 Å². The number of thioether (sulfide) groups is 1. The highest BCUT2D eigenvalue weighted by atomic mass is 35.5. The number of carbonyl (C=O) groups excluding carboxylic acids is 1. The Labute approximate surface area is 209 Å². The highest BCUT2D eigenvalue weighted by Crippen LogP contribution is 2.64. The van der Waals surface area contributed by atoms with E-state index >= 15 is 0 Å². The predicted molar refractivity (Wildman–Crippen MR) is 132 cm³/mol. The summed E-state index contributed by atoms with van der Waals surface area (Å²) in [5.41, 5.74) is 0.572. The Bertz CT molecular complexity index is 1310. The molecule has 2 heterocycles. The van der Waals surface area contributed by atoms with Gasteiger partial charge in [-0.05, 0) is 72.7 Å². The number of furan rings is 1. The van der Waals surface area contributed by atoms with Crippen LogP contribution in [0.2, 0.25) is 5.02 Å². The number of benzene rings is 1. The molecule has 184 valence electrons. The molecule has 1 aromatic heterocycles. The van der Waals surface area contributed by atoms with Gasteiger partial charge in [-0.1, -0.05) is 32.4 Å². The van der Waals surface area contributed by atoms with Gasteiger partial charge in [0, 0.05) is 22.8 Å². The fraction of sp³-hybridized carbons (Fsp3) is 0.400. The minimum atomic E-state index is -4.50. The number of carbonyl (C=O) groups is 1.